The van der Waals surface area contributed by atoms with Gasteiger partial charge in [-0.05, 0) is 42.9 Å². The van der Waals surface area contributed by atoms with Crippen LogP contribution in [-0.4, -0.2) is 11.7 Å². The van der Waals surface area contributed by atoms with Crippen molar-refractivity contribution in [3.63, 3.8) is 0 Å². The molecule has 2 heteroatoms. The minimum atomic E-state index is 0.110. The summed E-state index contributed by atoms with van der Waals surface area (Å²) in [5.74, 6) is 0.648. The van der Waals surface area contributed by atoms with Gasteiger partial charge in [0.1, 0.15) is 0 Å². The molecule has 17 heavy (non-hydrogen) atoms. The van der Waals surface area contributed by atoms with E-state index >= 15 is 0 Å². The highest BCUT2D eigenvalue weighted by Crippen LogP contribution is 2.18. The lowest BCUT2D eigenvalue weighted by Crippen LogP contribution is -2.12. The van der Waals surface area contributed by atoms with Gasteiger partial charge in [-0.25, -0.2) is 0 Å². The number of nitrogens with one attached hydrogen (secondary N) is 1. The van der Waals surface area contributed by atoms with E-state index in [1.54, 1.807) is 0 Å². The highest BCUT2D eigenvalue weighted by atomic mass is 16.3. The number of aliphatic hydroxyl groups excluding tert-OH is 1. The Morgan fingerprint density at radius 3 is 3.12 bits per heavy atom. The van der Waals surface area contributed by atoms with Gasteiger partial charge in [0, 0.05) is 12.2 Å². The largest absolute Gasteiger partial charge is 0.392 e. The number of allylic oxidation sites excluding steroid dienone is 1. The molecule has 92 valence electrons. The molecule has 1 aliphatic carbocycles. The van der Waals surface area contributed by atoms with E-state index in [-0.39, 0.29) is 6.61 Å². The van der Waals surface area contributed by atoms with Crippen LogP contribution in [0.15, 0.2) is 36.4 Å². The number of hydrogen-bond donors (Lipinski definition) is 2. The fourth-order valence-corrected chi connectivity index (χ4v) is 2.25. The molecule has 1 aromatic carbocycles. The first-order chi connectivity index (χ1) is 8.38. The summed E-state index contributed by atoms with van der Waals surface area (Å²) in [6.07, 6.45) is 9.82. The van der Waals surface area contributed by atoms with Crippen LogP contribution in [0.3, 0.4) is 0 Å². The van der Waals surface area contributed by atoms with E-state index in [4.69, 9.17) is 5.11 Å². The van der Waals surface area contributed by atoms with Crippen LogP contribution >= 0.6 is 0 Å². The van der Waals surface area contributed by atoms with Crippen LogP contribution in [0, 0.1) is 5.92 Å². The molecule has 2 rings (SSSR count). The van der Waals surface area contributed by atoms with Crippen molar-refractivity contribution < 1.29 is 5.11 Å². The van der Waals surface area contributed by atoms with E-state index in [0.29, 0.717) is 5.92 Å². The maximum Gasteiger partial charge on any atom is 0.0682 e. The van der Waals surface area contributed by atoms with E-state index in [9.17, 15) is 0 Å². The Kier molecular flexibility index (Phi) is 4.63. The Bertz CT molecular complexity index is 373. The van der Waals surface area contributed by atoms with Gasteiger partial charge >= 0.3 is 0 Å². The molecular formula is C15H21NO. The van der Waals surface area contributed by atoms with Crippen molar-refractivity contribution in [2.45, 2.75) is 32.3 Å². The monoisotopic (exact) mass is 231 g/mol. The second-order valence-corrected chi connectivity index (χ2v) is 4.71. The van der Waals surface area contributed by atoms with E-state index in [1.165, 1.54) is 25.7 Å². The minimum absolute atomic E-state index is 0.110. The number of anilines is 1. The zero-order valence-electron chi connectivity index (χ0n) is 10.2. The normalized spacial score (nSPS) is 19.9. The fourth-order valence-electron chi connectivity index (χ4n) is 2.25. The van der Waals surface area contributed by atoms with Crippen LogP contribution in [0.25, 0.3) is 0 Å². The molecule has 0 fully saturated rings. The standard InChI is InChI=1S/C15H21NO/c17-12-14-8-5-9-15(10-14)16-11-13-6-3-1-2-4-7-13/h3,5-6,8-10,13,16-17H,1-2,4,7,11-12H2. The number of benzene rings is 1. The molecule has 2 nitrogen and oxygen atoms in total. The van der Waals surface area contributed by atoms with Gasteiger partial charge in [0.25, 0.3) is 0 Å². The maximum atomic E-state index is 9.08. The van der Waals surface area contributed by atoms with Crippen LogP contribution in [-0.2, 0) is 6.61 Å². The summed E-state index contributed by atoms with van der Waals surface area (Å²) >= 11 is 0. The molecule has 0 amide bonds. The van der Waals surface area contributed by atoms with Gasteiger partial charge in [-0.15, -0.1) is 0 Å². The highest BCUT2D eigenvalue weighted by Gasteiger charge is 2.07. The second kappa shape index (κ2) is 6.45. The van der Waals surface area contributed by atoms with Crippen molar-refractivity contribution in [2.24, 2.45) is 5.92 Å². The van der Waals surface area contributed by atoms with E-state index in [1.807, 2.05) is 18.2 Å². The Hall–Kier alpha value is -1.28. The third-order valence-electron chi connectivity index (χ3n) is 3.28. The van der Waals surface area contributed by atoms with Crippen molar-refractivity contribution in [1.82, 2.24) is 0 Å². The molecule has 0 saturated heterocycles. The van der Waals surface area contributed by atoms with Gasteiger partial charge in [-0.2, -0.15) is 0 Å². The molecule has 1 atom stereocenters. The molecule has 1 aliphatic rings. The van der Waals surface area contributed by atoms with Crippen molar-refractivity contribution >= 4 is 5.69 Å². The second-order valence-electron chi connectivity index (χ2n) is 4.71. The SMILES string of the molecule is OCc1cccc(NCC2C=CCCCC2)c1. The summed E-state index contributed by atoms with van der Waals surface area (Å²) in [5, 5.41) is 12.5. The summed E-state index contributed by atoms with van der Waals surface area (Å²) in [6, 6.07) is 7.99. The van der Waals surface area contributed by atoms with Gasteiger partial charge in [-0.3, -0.25) is 0 Å². The third kappa shape index (κ3) is 3.90. The van der Waals surface area contributed by atoms with Crippen molar-refractivity contribution in [3.05, 3.63) is 42.0 Å². The van der Waals surface area contributed by atoms with Gasteiger partial charge in [-0.1, -0.05) is 30.7 Å². The summed E-state index contributed by atoms with van der Waals surface area (Å²) in [6.45, 7) is 1.10. The molecule has 0 spiro atoms. The molecule has 0 bridgehead atoms. The Morgan fingerprint density at radius 1 is 1.29 bits per heavy atom. The van der Waals surface area contributed by atoms with E-state index in [0.717, 1.165) is 17.8 Å². The lowest BCUT2D eigenvalue weighted by Gasteiger charge is -2.13. The predicted octanol–water partition coefficient (Wildman–Crippen LogP) is 3.34. The zero-order valence-corrected chi connectivity index (χ0v) is 10.2. The molecular weight excluding hydrogens is 210 g/mol. The third-order valence-corrected chi connectivity index (χ3v) is 3.28. The van der Waals surface area contributed by atoms with Crippen molar-refractivity contribution in [2.75, 3.05) is 11.9 Å². The summed E-state index contributed by atoms with van der Waals surface area (Å²) < 4.78 is 0. The average Bonchev–Trinajstić information content (AvgIpc) is 2.65. The van der Waals surface area contributed by atoms with Crippen LogP contribution in [0.1, 0.15) is 31.2 Å². The quantitative estimate of drug-likeness (QED) is 0.779. The van der Waals surface area contributed by atoms with Crippen LogP contribution in [0.4, 0.5) is 5.69 Å². The van der Waals surface area contributed by atoms with Gasteiger partial charge < -0.3 is 10.4 Å². The smallest absolute Gasteiger partial charge is 0.0682 e. The first-order valence-electron chi connectivity index (χ1n) is 6.49. The maximum absolute atomic E-state index is 9.08. The first kappa shape index (κ1) is 12.2. The highest BCUT2D eigenvalue weighted by molar-refractivity contribution is 5.45. The lowest BCUT2D eigenvalue weighted by atomic mass is 10.0. The van der Waals surface area contributed by atoms with Crippen molar-refractivity contribution in [3.8, 4) is 0 Å². The number of rotatable bonds is 4. The fraction of sp³-hybridized carbons (Fsp3) is 0.467. The zero-order chi connectivity index (χ0) is 11.9. The molecule has 1 unspecified atom stereocenters. The number of hydrogen-bond acceptors (Lipinski definition) is 2. The summed E-state index contributed by atoms with van der Waals surface area (Å²) in [7, 11) is 0. The summed E-state index contributed by atoms with van der Waals surface area (Å²) in [5.41, 5.74) is 2.07. The molecule has 1 aromatic rings. The van der Waals surface area contributed by atoms with E-state index < -0.39 is 0 Å². The summed E-state index contributed by atoms with van der Waals surface area (Å²) in [4.78, 5) is 0. The molecule has 0 radical (unpaired) electrons. The number of aliphatic hydroxyl groups is 1. The molecule has 0 aromatic heterocycles. The molecule has 0 aliphatic heterocycles. The Labute approximate surface area is 103 Å². The van der Waals surface area contributed by atoms with Gasteiger partial charge in [0.05, 0.1) is 6.61 Å². The first-order valence-corrected chi connectivity index (χ1v) is 6.49. The van der Waals surface area contributed by atoms with E-state index in [2.05, 4.69) is 23.5 Å². The molecule has 0 saturated carbocycles. The van der Waals surface area contributed by atoms with Crippen LogP contribution in [0.5, 0.6) is 0 Å². The Balaban J connectivity index is 1.87. The molecule has 0 heterocycles. The minimum Gasteiger partial charge on any atom is -0.392 e. The molecule has 2 N–H and O–H groups in total. The van der Waals surface area contributed by atoms with Crippen LogP contribution in [0.2, 0.25) is 0 Å². The average molecular weight is 231 g/mol. The topological polar surface area (TPSA) is 32.3 Å². The van der Waals surface area contributed by atoms with Gasteiger partial charge in [0.2, 0.25) is 0 Å². The Morgan fingerprint density at radius 2 is 2.24 bits per heavy atom. The van der Waals surface area contributed by atoms with Crippen molar-refractivity contribution in [1.29, 1.82) is 0 Å². The van der Waals surface area contributed by atoms with Gasteiger partial charge in [0.15, 0.2) is 0 Å². The predicted molar refractivity (Wildman–Crippen MR) is 72.0 cm³/mol. The van der Waals surface area contributed by atoms with Crippen LogP contribution < -0.4 is 5.32 Å². The lowest BCUT2D eigenvalue weighted by molar-refractivity contribution is 0.282.